The van der Waals surface area contributed by atoms with E-state index < -0.39 is 23.9 Å². The number of nitrogens with two attached hydrogens (primary N) is 3. The molecule has 2 aromatic rings. The van der Waals surface area contributed by atoms with Crippen molar-refractivity contribution in [2.24, 2.45) is 23.1 Å². The number of carboxylic acids is 1. The van der Waals surface area contributed by atoms with Crippen LogP contribution in [0.4, 0.5) is 9.80 Å². The van der Waals surface area contributed by atoms with Gasteiger partial charge in [0.25, 0.3) is 5.91 Å². The zero-order valence-electron chi connectivity index (χ0n) is 17.0. The Hall–Kier alpha value is -3.17. The van der Waals surface area contributed by atoms with Gasteiger partial charge in [-0.1, -0.05) is 43.2 Å². The number of hydrogen-bond acceptors (Lipinski definition) is 5. The minimum absolute atomic E-state index is 0.206. The first-order valence-corrected chi connectivity index (χ1v) is 10.9. The number of hydrogen-bond donors (Lipinski definition) is 5. The number of allylic oxidation sites excluding steroid dienone is 1. The summed E-state index contributed by atoms with van der Waals surface area (Å²) in [5.41, 5.74) is 19.5. The lowest BCUT2D eigenvalue weighted by atomic mass is 9.89. The van der Waals surface area contributed by atoms with Gasteiger partial charge in [0, 0.05) is 4.88 Å². The van der Waals surface area contributed by atoms with Crippen molar-refractivity contribution in [2.45, 2.75) is 38.1 Å². The number of nitrogens with one attached hydrogen (secondary N) is 1. The lowest BCUT2D eigenvalue weighted by Gasteiger charge is -2.16. The molecule has 0 radical (unpaired) electrons. The molecule has 1 saturated carbocycles. The van der Waals surface area contributed by atoms with E-state index in [0.717, 1.165) is 47.3 Å². The van der Waals surface area contributed by atoms with Crippen LogP contribution < -0.4 is 22.5 Å². The minimum atomic E-state index is -1.01. The lowest BCUT2D eigenvalue weighted by Crippen LogP contribution is -2.29. The molecular weight excluding hydrogens is 416 g/mol. The van der Waals surface area contributed by atoms with Crippen molar-refractivity contribution in [1.29, 1.82) is 0 Å². The number of anilines is 1. The van der Waals surface area contributed by atoms with E-state index in [1.165, 1.54) is 11.3 Å². The van der Waals surface area contributed by atoms with E-state index in [2.05, 4.69) is 5.32 Å². The van der Waals surface area contributed by atoms with E-state index in [4.69, 9.17) is 22.3 Å². The first-order valence-electron chi connectivity index (χ1n) is 10.1. The predicted octanol–water partition coefficient (Wildman–Crippen LogP) is 3.38. The number of amides is 3. The minimum Gasteiger partial charge on any atom is -0.480 e. The zero-order valence-corrected chi connectivity index (χ0v) is 17.8. The second-order valence-electron chi connectivity index (χ2n) is 7.61. The van der Waals surface area contributed by atoms with Crippen LogP contribution >= 0.6 is 11.3 Å². The molecule has 1 aromatic carbocycles. The molecule has 1 atom stereocenters. The Bertz CT molecular complexity index is 1010. The normalized spacial score (nSPS) is 15.6. The highest BCUT2D eigenvalue weighted by Gasteiger charge is 2.22. The van der Waals surface area contributed by atoms with Crippen LogP contribution in [0.15, 0.2) is 36.4 Å². The Labute approximate surface area is 184 Å². The van der Waals surface area contributed by atoms with Crippen LogP contribution in [0, 0.1) is 5.92 Å². The predicted molar refractivity (Wildman–Crippen MR) is 122 cm³/mol. The van der Waals surface area contributed by atoms with Gasteiger partial charge in [0.15, 0.2) is 0 Å². The van der Waals surface area contributed by atoms with Crippen molar-refractivity contribution in [3.8, 4) is 10.4 Å². The number of carbonyl (C=O) groups excluding carboxylic acids is 2. The third-order valence-corrected chi connectivity index (χ3v) is 6.54. The standard InChI is InChI=1S/C22H26N4O4S/c23-17(21(28)29)10-9-15(12-3-1-2-4-12)13-5-7-14(8-6-13)18-11-16(19(24)27)20(31-18)26-22(25)30/h5-9,11-12,17H,1-4,10,23H2,(H2,24,27)(H,28,29)(H3,25,26,30)/b15-9+/t17-/m0/s1. The number of thiophene rings is 1. The molecule has 1 heterocycles. The van der Waals surface area contributed by atoms with Crippen LogP contribution in [0.25, 0.3) is 16.0 Å². The Morgan fingerprint density at radius 3 is 2.35 bits per heavy atom. The van der Waals surface area contributed by atoms with Crippen LogP contribution in [0.3, 0.4) is 0 Å². The van der Waals surface area contributed by atoms with Crippen molar-refractivity contribution in [3.05, 3.63) is 47.5 Å². The SMILES string of the molecule is NC(=O)Nc1sc(-c2ccc(/C(=C/C[C@H](N)C(=O)O)C3CCCC3)cc2)cc1C(N)=O. The first-order chi connectivity index (χ1) is 14.8. The molecule has 0 saturated heterocycles. The molecule has 1 aliphatic rings. The summed E-state index contributed by atoms with van der Waals surface area (Å²) in [6, 6.07) is 7.77. The number of urea groups is 1. The van der Waals surface area contributed by atoms with Gasteiger partial charge in [-0.2, -0.15) is 0 Å². The van der Waals surface area contributed by atoms with Crippen LogP contribution in [0.2, 0.25) is 0 Å². The molecule has 1 fully saturated rings. The Kier molecular flexibility index (Phi) is 7.09. The van der Waals surface area contributed by atoms with Crippen molar-refractivity contribution in [1.82, 2.24) is 0 Å². The van der Waals surface area contributed by atoms with Crippen molar-refractivity contribution < 1.29 is 19.5 Å². The first kappa shape index (κ1) is 22.5. The van der Waals surface area contributed by atoms with E-state index in [-0.39, 0.29) is 12.0 Å². The van der Waals surface area contributed by atoms with E-state index in [1.807, 2.05) is 30.3 Å². The van der Waals surface area contributed by atoms with Crippen LogP contribution in [0.1, 0.15) is 48.0 Å². The maximum Gasteiger partial charge on any atom is 0.320 e. The van der Waals surface area contributed by atoms with Gasteiger partial charge in [-0.15, -0.1) is 11.3 Å². The summed E-state index contributed by atoms with van der Waals surface area (Å²) >= 11 is 1.22. The second-order valence-corrected chi connectivity index (χ2v) is 8.66. The van der Waals surface area contributed by atoms with Gasteiger partial charge in [-0.3, -0.25) is 14.9 Å². The van der Waals surface area contributed by atoms with Gasteiger partial charge in [-0.05, 0) is 47.9 Å². The van der Waals surface area contributed by atoms with Gasteiger partial charge in [0.05, 0.1) is 5.56 Å². The van der Waals surface area contributed by atoms with Gasteiger partial charge in [0.2, 0.25) is 0 Å². The maximum atomic E-state index is 11.7. The van der Waals surface area contributed by atoms with Gasteiger partial charge in [0.1, 0.15) is 11.0 Å². The average Bonchev–Trinajstić information content (AvgIpc) is 3.38. The second kappa shape index (κ2) is 9.76. The monoisotopic (exact) mass is 442 g/mol. The summed E-state index contributed by atoms with van der Waals surface area (Å²) in [7, 11) is 0. The zero-order chi connectivity index (χ0) is 22.5. The molecule has 3 rings (SSSR count). The number of carboxylic acid groups (broad SMARTS) is 1. The maximum absolute atomic E-state index is 11.7. The Morgan fingerprint density at radius 1 is 1.16 bits per heavy atom. The molecule has 0 unspecified atom stereocenters. The van der Waals surface area contributed by atoms with E-state index in [0.29, 0.717) is 10.9 Å². The van der Waals surface area contributed by atoms with Gasteiger partial charge >= 0.3 is 12.0 Å². The molecule has 0 aliphatic heterocycles. The molecule has 1 aromatic heterocycles. The number of primary amides is 2. The number of aliphatic carboxylic acids is 1. The summed E-state index contributed by atoms with van der Waals surface area (Å²) in [5, 5.41) is 11.8. The third-order valence-electron chi connectivity index (χ3n) is 5.44. The fourth-order valence-corrected chi connectivity index (χ4v) is 4.93. The number of benzene rings is 1. The summed E-state index contributed by atoms with van der Waals surface area (Å²) in [6.45, 7) is 0. The fraction of sp³-hybridized carbons (Fsp3) is 0.318. The van der Waals surface area contributed by atoms with Crippen molar-refractivity contribution in [3.63, 3.8) is 0 Å². The summed E-state index contributed by atoms with van der Waals surface area (Å²) < 4.78 is 0. The molecule has 9 heteroatoms. The molecule has 8 N–H and O–H groups in total. The molecule has 164 valence electrons. The van der Waals surface area contributed by atoms with Crippen molar-refractivity contribution in [2.75, 3.05) is 5.32 Å². The topological polar surface area (TPSA) is 162 Å². The Balaban J connectivity index is 1.89. The van der Waals surface area contributed by atoms with E-state index in [9.17, 15) is 14.4 Å². The third kappa shape index (κ3) is 5.50. The molecule has 0 spiro atoms. The van der Waals surface area contributed by atoms with E-state index in [1.54, 1.807) is 6.07 Å². The lowest BCUT2D eigenvalue weighted by molar-refractivity contribution is -0.138. The molecule has 31 heavy (non-hydrogen) atoms. The summed E-state index contributed by atoms with van der Waals surface area (Å²) in [4.78, 5) is 34.8. The highest BCUT2D eigenvalue weighted by atomic mass is 32.1. The molecule has 3 amide bonds. The Morgan fingerprint density at radius 2 is 1.81 bits per heavy atom. The summed E-state index contributed by atoms with van der Waals surface area (Å²) in [5.74, 6) is -1.27. The fourth-order valence-electron chi connectivity index (χ4n) is 3.86. The average molecular weight is 443 g/mol. The highest BCUT2D eigenvalue weighted by molar-refractivity contribution is 7.20. The smallest absolute Gasteiger partial charge is 0.320 e. The number of rotatable bonds is 8. The largest absolute Gasteiger partial charge is 0.480 e. The quantitative estimate of drug-likeness (QED) is 0.423. The molecule has 1 aliphatic carbocycles. The van der Waals surface area contributed by atoms with Crippen LogP contribution in [-0.2, 0) is 4.79 Å². The van der Waals surface area contributed by atoms with Gasteiger partial charge in [-0.25, -0.2) is 4.79 Å². The molecule has 0 bridgehead atoms. The molecule has 8 nitrogen and oxygen atoms in total. The molecular formula is C22H26N4O4S. The summed E-state index contributed by atoms with van der Waals surface area (Å²) in [6.07, 6.45) is 6.69. The highest BCUT2D eigenvalue weighted by Crippen LogP contribution is 2.39. The van der Waals surface area contributed by atoms with Crippen molar-refractivity contribution >= 4 is 39.8 Å². The number of carbonyl (C=O) groups is 3. The van der Waals surface area contributed by atoms with Crippen LogP contribution in [0.5, 0.6) is 0 Å². The van der Waals surface area contributed by atoms with Crippen LogP contribution in [-0.4, -0.2) is 29.1 Å². The van der Waals surface area contributed by atoms with E-state index >= 15 is 0 Å². The van der Waals surface area contributed by atoms with Gasteiger partial charge < -0.3 is 22.3 Å².